The lowest BCUT2D eigenvalue weighted by molar-refractivity contribution is -0.115. The molecule has 0 unspecified atom stereocenters. The van der Waals surface area contributed by atoms with E-state index in [0.29, 0.717) is 15.6 Å². The molecule has 3 N–H and O–H groups in total. The second-order valence-corrected chi connectivity index (χ2v) is 5.30. The maximum atomic E-state index is 13.4. The van der Waals surface area contributed by atoms with E-state index in [1.165, 1.54) is 12.1 Å². The molecule has 0 saturated carbocycles. The van der Waals surface area contributed by atoms with Gasteiger partial charge in [0.25, 0.3) is 5.91 Å². The largest absolute Gasteiger partial charge is 0.366 e. The van der Waals surface area contributed by atoms with Crippen LogP contribution in [0.15, 0.2) is 36.4 Å². The van der Waals surface area contributed by atoms with Gasteiger partial charge in [0.15, 0.2) is 0 Å². The van der Waals surface area contributed by atoms with Crippen LogP contribution in [0.5, 0.6) is 0 Å². The Morgan fingerprint density at radius 3 is 2.36 bits per heavy atom. The van der Waals surface area contributed by atoms with Gasteiger partial charge in [-0.1, -0.05) is 29.3 Å². The Balaban J connectivity index is 2.16. The first-order chi connectivity index (χ1) is 10.4. The summed E-state index contributed by atoms with van der Waals surface area (Å²) in [5.74, 6) is -2.07. The van der Waals surface area contributed by atoms with Crippen molar-refractivity contribution in [3.8, 4) is 0 Å². The van der Waals surface area contributed by atoms with Crippen molar-refractivity contribution in [2.24, 2.45) is 5.73 Å². The van der Waals surface area contributed by atoms with Crippen LogP contribution in [0.4, 0.5) is 10.1 Å². The third-order valence-electron chi connectivity index (χ3n) is 2.91. The van der Waals surface area contributed by atoms with Crippen LogP contribution >= 0.6 is 23.2 Å². The molecule has 7 heteroatoms. The molecule has 0 heterocycles. The van der Waals surface area contributed by atoms with Gasteiger partial charge < -0.3 is 11.1 Å². The molecule has 114 valence electrons. The summed E-state index contributed by atoms with van der Waals surface area (Å²) in [4.78, 5) is 23.1. The number of benzene rings is 2. The molecule has 0 aromatic heterocycles. The molecule has 0 aliphatic heterocycles. The minimum atomic E-state index is -0.914. The molecule has 2 rings (SSSR count). The number of nitrogens with two attached hydrogens (primary N) is 1. The van der Waals surface area contributed by atoms with Crippen molar-refractivity contribution in [2.75, 3.05) is 5.32 Å². The number of carbonyl (C=O) groups excluding carboxylic acids is 2. The van der Waals surface area contributed by atoms with Crippen molar-refractivity contribution >= 4 is 40.7 Å². The highest BCUT2D eigenvalue weighted by Gasteiger charge is 2.13. The van der Waals surface area contributed by atoms with Crippen LogP contribution in [0.1, 0.15) is 15.9 Å². The van der Waals surface area contributed by atoms with E-state index in [1.807, 2.05) is 0 Å². The summed E-state index contributed by atoms with van der Waals surface area (Å²) in [5, 5.41) is 3.29. The van der Waals surface area contributed by atoms with Gasteiger partial charge in [-0.2, -0.15) is 0 Å². The van der Waals surface area contributed by atoms with Crippen LogP contribution in [-0.2, 0) is 11.2 Å². The third kappa shape index (κ3) is 3.75. The number of rotatable bonds is 4. The van der Waals surface area contributed by atoms with E-state index >= 15 is 0 Å². The number of primary amides is 1. The van der Waals surface area contributed by atoms with Crippen LogP contribution in [0.3, 0.4) is 0 Å². The molecule has 4 nitrogen and oxygen atoms in total. The zero-order chi connectivity index (χ0) is 16.3. The van der Waals surface area contributed by atoms with Crippen molar-refractivity contribution in [1.82, 2.24) is 0 Å². The quantitative estimate of drug-likeness (QED) is 0.894. The second kappa shape index (κ2) is 6.77. The molecule has 0 atom stereocenters. The molecule has 22 heavy (non-hydrogen) atoms. The molecule has 0 aliphatic carbocycles. The Kier molecular flexibility index (Phi) is 5.00. The summed E-state index contributed by atoms with van der Waals surface area (Å²) in [6.07, 6.45) is -0.0538. The summed E-state index contributed by atoms with van der Waals surface area (Å²) in [5.41, 5.74) is 5.49. The van der Waals surface area contributed by atoms with Gasteiger partial charge in [0.2, 0.25) is 5.91 Å². The minimum Gasteiger partial charge on any atom is -0.366 e. The van der Waals surface area contributed by atoms with E-state index in [-0.39, 0.29) is 17.7 Å². The molecule has 0 saturated heterocycles. The zero-order valence-corrected chi connectivity index (χ0v) is 12.7. The van der Waals surface area contributed by atoms with Gasteiger partial charge in [-0.25, -0.2) is 4.39 Å². The normalized spacial score (nSPS) is 10.3. The van der Waals surface area contributed by atoms with Gasteiger partial charge in [-0.15, -0.1) is 0 Å². The smallest absolute Gasteiger partial charge is 0.251 e. The number of hydrogen-bond donors (Lipinski definition) is 2. The summed E-state index contributed by atoms with van der Waals surface area (Å²) < 4.78 is 13.4. The highest BCUT2D eigenvalue weighted by Crippen LogP contribution is 2.25. The van der Waals surface area contributed by atoms with Gasteiger partial charge >= 0.3 is 0 Å². The van der Waals surface area contributed by atoms with Gasteiger partial charge in [-0.05, 0) is 35.9 Å². The third-order valence-corrected chi connectivity index (χ3v) is 3.62. The topological polar surface area (TPSA) is 72.2 Å². The van der Waals surface area contributed by atoms with Crippen molar-refractivity contribution in [2.45, 2.75) is 6.42 Å². The Morgan fingerprint density at radius 1 is 1.14 bits per heavy atom. The summed E-state index contributed by atoms with van der Waals surface area (Å²) in [6.45, 7) is 0. The molecular formula is C15H11Cl2FN2O2. The Morgan fingerprint density at radius 2 is 1.77 bits per heavy atom. The minimum absolute atomic E-state index is 0.0538. The van der Waals surface area contributed by atoms with Gasteiger partial charge in [0, 0.05) is 15.7 Å². The van der Waals surface area contributed by atoms with Crippen LogP contribution in [0, 0.1) is 5.82 Å². The number of hydrogen-bond acceptors (Lipinski definition) is 2. The molecule has 0 bridgehead atoms. The number of carbonyl (C=O) groups is 2. The van der Waals surface area contributed by atoms with Crippen molar-refractivity contribution in [1.29, 1.82) is 0 Å². The highest BCUT2D eigenvalue weighted by atomic mass is 35.5. The molecule has 0 radical (unpaired) electrons. The molecule has 0 aliphatic rings. The van der Waals surface area contributed by atoms with E-state index < -0.39 is 17.6 Å². The number of amides is 2. The van der Waals surface area contributed by atoms with E-state index in [1.54, 1.807) is 18.2 Å². The first-order valence-electron chi connectivity index (χ1n) is 6.20. The number of halogens is 3. The predicted molar refractivity (Wildman–Crippen MR) is 83.7 cm³/mol. The predicted octanol–water partition coefficient (Wildman–Crippen LogP) is 3.41. The maximum Gasteiger partial charge on any atom is 0.251 e. The lowest BCUT2D eigenvalue weighted by Gasteiger charge is -2.09. The number of nitrogens with one attached hydrogen (secondary N) is 1. The monoisotopic (exact) mass is 340 g/mol. The van der Waals surface area contributed by atoms with E-state index in [2.05, 4.69) is 5.32 Å². The molecule has 0 fully saturated rings. The average Bonchev–Trinajstić information content (AvgIpc) is 2.45. The first kappa shape index (κ1) is 16.3. The molecule has 2 aromatic rings. The maximum absolute atomic E-state index is 13.4. The van der Waals surface area contributed by atoms with Crippen molar-refractivity contribution < 1.29 is 14.0 Å². The fourth-order valence-corrected chi connectivity index (χ4v) is 2.39. The van der Waals surface area contributed by atoms with E-state index in [0.717, 1.165) is 6.07 Å². The standard InChI is InChI=1S/C15H11Cl2FN2O2/c16-11-2-1-3-12(17)9(11)7-14(21)20-8-4-5-13(18)10(6-8)15(19)22/h1-6H,7H2,(H2,19,22)(H,20,21). The van der Waals surface area contributed by atoms with Crippen LogP contribution in [-0.4, -0.2) is 11.8 Å². The van der Waals surface area contributed by atoms with E-state index in [9.17, 15) is 14.0 Å². The fraction of sp³-hybridized carbons (Fsp3) is 0.0667. The lowest BCUT2D eigenvalue weighted by Crippen LogP contribution is -2.17. The van der Waals surface area contributed by atoms with Crippen LogP contribution in [0.2, 0.25) is 10.0 Å². The van der Waals surface area contributed by atoms with E-state index in [4.69, 9.17) is 28.9 Å². The van der Waals surface area contributed by atoms with Crippen LogP contribution in [0.25, 0.3) is 0 Å². The van der Waals surface area contributed by atoms with Gasteiger partial charge in [0.05, 0.1) is 12.0 Å². The zero-order valence-electron chi connectivity index (χ0n) is 11.2. The summed E-state index contributed by atoms with van der Waals surface area (Å²) >= 11 is 12.0. The second-order valence-electron chi connectivity index (χ2n) is 4.48. The van der Waals surface area contributed by atoms with Crippen LogP contribution < -0.4 is 11.1 Å². The molecule has 0 spiro atoms. The number of anilines is 1. The summed E-state index contributed by atoms with van der Waals surface area (Å²) in [7, 11) is 0. The highest BCUT2D eigenvalue weighted by molar-refractivity contribution is 6.36. The SMILES string of the molecule is NC(=O)c1cc(NC(=O)Cc2c(Cl)cccc2Cl)ccc1F. The Hall–Kier alpha value is -2.11. The first-order valence-corrected chi connectivity index (χ1v) is 6.96. The van der Waals surface area contributed by atoms with Crippen molar-refractivity contribution in [3.63, 3.8) is 0 Å². The van der Waals surface area contributed by atoms with Crippen molar-refractivity contribution in [3.05, 3.63) is 63.4 Å². The Labute approximate surface area is 136 Å². The average molecular weight is 341 g/mol. The molecule has 2 aromatic carbocycles. The Bertz CT molecular complexity index is 730. The summed E-state index contributed by atoms with van der Waals surface area (Å²) in [6, 6.07) is 8.47. The molecular weight excluding hydrogens is 330 g/mol. The fourth-order valence-electron chi connectivity index (χ4n) is 1.86. The van der Waals surface area contributed by atoms with Gasteiger partial charge in [-0.3, -0.25) is 9.59 Å². The van der Waals surface area contributed by atoms with Gasteiger partial charge in [0.1, 0.15) is 5.82 Å². The molecule has 2 amide bonds. The lowest BCUT2D eigenvalue weighted by atomic mass is 10.1.